The quantitative estimate of drug-likeness (QED) is 0.691. The summed E-state index contributed by atoms with van der Waals surface area (Å²) in [4.78, 5) is 16.9. The standard InChI is InChI=1S/C14H11ClN2O3S/c1-19-10-4-2-9(3-5-10)8-20-13(18)11-12(15)16-14-17(11)6-7-21-14/h2-7H,8H2,1H3. The molecular formula is C14H11ClN2O3S. The number of carbonyl (C=O) groups is 1. The van der Waals surface area contributed by atoms with Crippen molar-refractivity contribution in [2.45, 2.75) is 6.61 Å². The van der Waals surface area contributed by atoms with Crippen LogP contribution in [0, 0.1) is 0 Å². The van der Waals surface area contributed by atoms with Gasteiger partial charge < -0.3 is 9.47 Å². The van der Waals surface area contributed by atoms with Crippen LogP contribution in [0.25, 0.3) is 4.96 Å². The van der Waals surface area contributed by atoms with Crippen molar-refractivity contribution >= 4 is 33.9 Å². The molecule has 0 atom stereocenters. The van der Waals surface area contributed by atoms with Crippen LogP contribution in [-0.2, 0) is 11.3 Å². The summed E-state index contributed by atoms with van der Waals surface area (Å²) in [7, 11) is 1.60. The van der Waals surface area contributed by atoms with Gasteiger partial charge in [-0.3, -0.25) is 4.40 Å². The van der Waals surface area contributed by atoms with Crippen molar-refractivity contribution in [2.75, 3.05) is 7.11 Å². The molecule has 7 heteroatoms. The molecule has 0 radical (unpaired) electrons. The number of aromatic nitrogens is 2. The van der Waals surface area contributed by atoms with Crippen molar-refractivity contribution in [3.63, 3.8) is 0 Å². The second-order valence-corrected chi connectivity index (χ2v) is 5.46. The number of nitrogens with zero attached hydrogens (tertiary/aromatic N) is 2. The first-order valence-corrected chi connectivity index (χ1v) is 7.36. The predicted octanol–water partition coefficient (Wildman–Crippen LogP) is 3.41. The van der Waals surface area contributed by atoms with Gasteiger partial charge in [0.2, 0.25) is 0 Å². The molecule has 1 aromatic carbocycles. The van der Waals surface area contributed by atoms with E-state index in [4.69, 9.17) is 21.1 Å². The minimum Gasteiger partial charge on any atom is -0.497 e. The van der Waals surface area contributed by atoms with E-state index in [0.717, 1.165) is 11.3 Å². The van der Waals surface area contributed by atoms with Crippen LogP contribution in [0.5, 0.6) is 5.75 Å². The Labute approximate surface area is 129 Å². The van der Waals surface area contributed by atoms with E-state index in [2.05, 4.69) is 4.98 Å². The number of fused-ring (bicyclic) bond motifs is 1. The van der Waals surface area contributed by atoms with Crippen LogP contribution in [0.4, 0.5) is 0 Å². The maximum absolute atomic E-state index is 12.1. The number of esters is 1. The summed E-state index contributed by atoms with van der Waals surface area (Å²) in [6.45, 7) is 0.163. The van der Waals surface area contributed by atoms with E-state index in [-0.39, 0.29) is 17.5 Å². The third kappa shape index (κ3) is 2.72. The predicted molar refractivity (Wildman–Crippen MR) is 80.2 cm³/mol. The van der Waals surface area contributed by atoms with Crippen molar-refractivity contribution in [1.29, 1.82) is 0 Å². The lowest BCUT2D eigenvalue weighted by atomic mass is 10.2. The number of hydrogen-bond donors (Lipinski definition) is 0. The molecular weight excluding hydrogens is 312 g/mol. The molecule has 0 spiro atoms. The van der Waals surface area contributed by atoms with Crippen molar-refractivity contribution in [1.82, 2.24) is 9.38 Å². The zero-order chi connectivity index (χ0) is 14.8. The lowest BCUT2D eigenvalue weighted by Gasteiger charge is -2.05. The monoisotopic (exact) mass is 322 g/mol. The van der Waals surface area contributed by atoms with E-state index >= 15 is 0 Å². The number of carbonyl (C=O) groups excluding carboxylic acids is 1. The highest BCUT2D eigenvalue weighted by atomic mass is 35.5. The second kappa shape index (κ2) is 5.75. The van der Waals surface area contributed by atoms with Gasteiger partial charge in [-0.15, -0.1) is 11.3 Å². The summed E-state index contributed by atoms with van der Waals surface area (Å²) in [5.74, 6) is 0.255. The number of hydrogen-bond acceptors (Lipinski definition) is 5. The van der Waals surface area contributed by atoms with Gasteiger partial charge in [-0.05, 0) is 17.7 Å². The summed E-state index contributed by atoms with van der Waals surface area (Å²) in [6.07, 6.45) is 1.74. The molecule has 0 aliphatic rings. The van der Waals surface area contributed by atoms with E-state index in [1.54, 1.807) is 17.7 Å². The Kier molecular flexibility index (Phi) is 3.81. The number of thiazole rings is 1. The molecule has 2 heterocycles. The number of ether oxygens (including phenoxy) is 2. The fourth-order valence-electron chi connectivity index (χ4n) is 1.88. The van der Waals surface area contributed by atoms with Crippen molar-refractivity contribution < 1.29 is 14.3 Å². The molecule has 0 N–H and O–H groups in total. The lowest BCUT2D eigenvalue weighted by Crippen LogP contribution is -2.08. The van der Waals surface area contributed by atoms with Gasteiger partial charge in [0.25, 0.3) is 0 Å². The van der Waals surface area contributed by atoms with Crippen LogP contribution in [0.2, 0.25) is 5.15 Å². The summed E-state index contributed by atoms with van der Waals surface area (Å²) in [6, 6.07) is 7.30. The zero-order valence-corrected chi connectivity index (χ0v) is 12.6. The maximum Gasteiger partial charge on any atom is 0.358 e. The first-order valence-electron chi connectivity index (χ1n) is 6.10. The number of halogens is 1. The summed E-state index contributed by atoms with van der Waals surface area (Å²) in [5, 5.41) is 1.99. The molecule has 21 heavy (non-hydrogen) atoms. The van der Waals surface area contributed by atoms with E-state index in [9.17, 15) is 4.79 Å². The van der Waals surface area contributed by atoms with E-state index in [1.807, 2.05) is 29.6 Å². The Morgan fingerprint density at radius 1 is 1.38 bits per heavy atom. The highest BCUT2D eigenvalue weighted by Gasteiger charge is 2.20. The summed E-state index contributed by atoms with van der Waals surface area (Å²) < 4.78 is 12.0. The first kappa shape index (κ1) is 13.9. The minimum absolute atomic E-state index is 0.154. The van der Waals surface area contributed by atoms with Crippen molar-refractivity contribution in [3.8, 4) is 5.75 Å². The fraction of sp³-hybridized carbons (Fsp3) is 0.143. The molecule has 3 rings (SSSR count). The Bertz CT molecular complexity index is 779. The fourth-order valence-corrected chi connectivity index (χ4v) is 2.89. The molecule has 0 saturated heterocycles. The van der Waals surface area contributed by atoms with Crippen LogP contribution in [-0.4, -0.2) is 22.5 Å². The van der Waals surface area contributed by atoms with Gasteiger partial charge in [0.15, 0.2) is 15.8 Å². The minimum atomic E-state index is -0.498. The van der Waals surface area contributed by atoms with E-state index in [0.29, 0.717) is 4.96 Å². The molecule has 3 aromatic rings. The van der Waals surface area contributed by atoms with Crippen LogP contribution < -0.4 is 4.74 Å². The largest absolute Gasteiger partial charge is 0.497 e. The number of imidazole rings is 1. The highest BCUT2D eigenvalue weighted by molar-refractivity contribution is 7.15. The Morgan fingerprint density at radius 2 is 2.14 bits per heavy atom. The normalized spacial score (nSPS) is 10.8. The number of rotatable bonds is 4. The average Bonchev–Trinajstić information content (AvgIpc) is 3.05. The smallest absolute Gasteiger partial charge is 0.358 e. The van der Waals surface area contributed by atoms with Crippen LogP contribution >= 0.6 is 22.9 Å². The average molecular weight is 323 g/mol. The van der Waals surface area contributed by atoms with Gasteiger partial charge in [-0.25, -0.2) is 9.78 Å². The molecule has 0 amide bonds. The molecule has 0 unspecified atom stereocenters. The SMILES string of the molecule is COc1ccc(COC(=O)c2c(Cl)nc3sccn23)cc1. The van der Waals surface area contributed by atoms with Crippen molar-refractivity contribution in [2.24, 2.45) is 0 Å². The van der Waals surface area contributed by atoms with Crippen molar-refractivity contribution in [3.05, 3.63) is 52.3 Å². The molecule has 0 aliphatic heterocycles. The van der Waals surface area contributed by atoms with Gasteiger partial charge >= 0.3 is 5.97 Å². The van der Waals surface area contributed by atoms with Crippen LogP contribution in [0.3, 0.4) is 0 Å². The number of methoxy groups -OCH3 is 1. The van der Waals surface area contributed by atoms with Crippen LogP contribution in [0.15, 0.2) is 35.8 Å². The summed E-state index contributed by atoms with van der Waals surface area (Å²) >= 11 is 7.39. The lowest BCUT2D eigenvalue weighted by molar-refractivity contribution is 0.0465. The molecule has 2 aromatic heterocycles. The van der Waals surface area contributed by atoms with E-state index in [1.165, 1.54) is 11.3 Å². The maximum atomic E-state index is 12.1. The van der Waals surface area contributed by atoms with Crippen LogP contribution in [0.1, 0.15) is 16.1 Å². The van der Waals surface area contributed by atoms with Gasteiger partial charge in [0, 0.05) is 11.6 Å². The highest BCUT2D eigenvalue weighted by Crippen LogP contribution is 2.22. The molecule has 0 aliphatic carbocycles. The van der Waals surface area contributed by atoms with E-state index < -0.39 is 5.97 Å². The topological polar surface area (TPSA) is 52.8 Å². The molecule has 5 nitrogen and oxygen atoms in total. The third-order valence-corrected chi connectivity index (χ3v) is 3.96. The van der Waals surface area contributed by atoms with Gasteiger partial charge in [-0.2, -0.15) is 0 Å². The van der Waals surface area contributed by atoms with Gasteiger partial charge in [-0.1, -0.05) is 23.7 Å². The van der Waals surface area contributed by atoms with Gasteiger partial charge in [0.05, 0.1) is 7.11 Å². The Hall–Kier alpha value is -2.05. The third-order valence-electron chi connectivity index (χ3n) is 2.94. The van der Waals surface area contributed by atoms with Gasteiger partial charge in [0.1, 0.15) is 12.4 Å². The summed E-state index contributed by atoms with van der Waals surface area (Å²) in [5.41, 5.74) is 1.12. The Morgan fingerprint density at radius 3 is 2.86 bits per heavy atom. The molecule has 0 saturated carbocycles. The first-order chi connectivity index (χ1) is 10.2. The second-order valence-electron chi connectivity index (χ2n) is 4.23. The molecule has 0 fully saturated rings. The number of benzene rings is 1. The molecule has 108 valence electrons. The zero-order valence-electron chi connectivity index (χ0n) is 11.1. The molecule has 0 bridgehead atoms. The Balaban J connectivity index is 1.74.